The first-order valence-corrected chi connectivity index (χ1v) is 14.8. The number of nitrogens with two attached hydrogens (primary N) is 1. The van der Waals surface area contributed by atoms with Gasteiger partial charge < -0.3 is 20.7 Å². The van der Waals surface area contributed by atoms with Crippen LogP contribution in [0.25, 0.3) is 10.2 Å². The molecular formula is C27H24ClFN6O2S3. The lowest BCUT2D eigenvalue weighted by Crippen LogP contribution is -2.41. The molecule has 1 saturated heterocycles. The van der Waals surface area contributed by atoms with E-state index >= 15 is 0 Å². The number of primary amides is 1. The molecule has 3 N–H and O–H groups in total. The third kappa shape index (κ3) is 6.30. The number of fused-ring (bicyclic) bond motifs is 1. The van der Waals surface area contributed by atoms with Gasteiger partial charge >= 0.3 is 6.03 Å². The minimum Gasteiger partial charge on any atom is -0.453 e. The van der Waals surface area contributed by atoms with Crippen molar-refractivity contribution < 1.29 is 13.9 Å². The summed E-state index contributed by atoms with van der Waals surface area (Å²) in [5.41, 5.74) is 7.35. The molecule has 1 aromatic carbocycles. The molecular weight excluding hydrogens is 591 g/mol. The zero-order chi connectivity index (χ0) is 26.8. The van der Waals surface area contributed by atoms with Crippen LogP contribution in [0.2, 0.25) is 0 Å². The minimum absolute atomic E-state index is 0. The number of hydrogen-bond donors (Lipinski definition) is 2. The number of ether oxygens (including phenoxy) is 1. The molecule has 0 spiro atoms. The van der Waals surface area contributed by atoms with Crippen molar-refractivity contribution in [2.45, 2.75) is 28.6 Å². The van der Waals surface area contributed by atoms with E-state index in [1.807, 2.05) is 29.0 Å². The van der Waals surface area contributed by atoms with Gasteiger partial charge in [-0.25, -0.2) is 19.2 Å². The average molecular weight is 615 g/mol. The molecule has 0 aliphatic carbocycles. The number of likely N-dealkylation sites (tertiary alicyclic amines) is 1. The molecule has 13 heteroatoms. The maximum atomic E-state index is 13.5. The molecule has 1 aliphatic rings. The Morgan fingerprint density at radius 3 is 2.70 bits per heavy atom. The molecule has 0 radical (unpaired) electrons. The van der Waals surface area contributed by atoms with Crippen LogP contribution in [-0.4, -0.2) is 39.0 Å². The highest BCUT2D eigenvalue weighted by molar-refractivity contribution is 7.99. The van der Waals surface area contributed by atoms with Crippen molar-refractivity contribution in [1.82, 2.24) is 19.9 Å². The third-order valence-electron chi connectivity index (χ3n) is 6.38. The Balaban J connectivity index is 0.00000323. The number of halogens is 2. The van der Waals surface area contributed by atoms with Gasteiger partial charge in [-0.15, -0.1) is 35.1 Å². The number of pyridine rings is 2. The number of nitrogens with one attached hydrogen (secondary N) is 1. The van der Waals surface area contributed by atoms with Crippen LogP contribution in [0, 0.1) is 5.82 Å². The van der Waals surface area contributed by atoms with Gasteiger partial charge in [0.15, 0.2) is 16.7 Å². The summed E-state index contributed by atoms with van der Waals surface area (Å²) in [4.78, 5) is 29.0. The summed E-state index contributed by atoms with van der Waals surface area (Å²) in [5, 5.41) is 8.05. The highest BCUT2D eigenvalue weighted by atomic mass is 35.5. The number of carbonyl (C=O) groups excluding carboxylic acids is 1. The number of nitrogens with zero attached hydrogens (tertiary/aromatic N) is 4. The summed E-state index contributed by atoms with van der Waals surface area (Å²) in [6.07, 6.45) is 5.23. The van der Waals surface area contributed by atoms with Crippen LogP contribution in [0.3, 0.4) is 0 Å². The molecule has 4 aromatic heterocycles. The minimum atomic E-state index is -0.376. The third-order valence-corrected chi connectivity index (χ3v) is 9.24. The monoisotopic (exact) mass is 614 g/mol. The highest BCUT2D eigenvalue weighted by Crippen LogP contribution is 2.40. The van der Waals surface area contributed by atoms with Crippen LogP contribution in [0.15, 0.2) is 75.4 Å². The molecule has 6 rings (SSSR count). The molecule has 5 heterocycles. The highest BCUT2D eigenvalue weighted by Gasteiger charge is 2.24. The van der Waals surface area contributed by atoms with Crippen LogP contribution in [0.1, 0.15) is 24.5 Å². The molecule has 40 heavy (non-hydrogen) atoms. The van der Waals surface area contributed by atoms with Crippen molar-refractivity contribution in [3.05, 3.63) is 77.1 Å². The fourth-order valence-corrected chi connectivity index (χ4v) is 7.04. The fraction of sp³-hybridized carbons (Fsp3) is 0.185. The molecule has 1 fully saturated rings. The number of anilines is 2. The quantitative estimate of drug-likeness (QED) is 0.194. The Bertz CT molecular complexity index is 1620. The first kappa shape index (κ1) is 28.1. The smallest absolute Gasteiger partial charge is 0.314 e. The van der Waals surface area contributed by atoms with Gasteiger partial charge in [-0.1, -0.05) is 11.8 Å². The Morgan fingerprint density at radius 1 is 1.12 bits per heavy atom. The number of benzene rings is 1. The van der Waals surface area contributed by atoms with E-state index in [0.717, 1.165) is 38.5 Å². The Hall–Kier alpha value is -3.45. The van der Waals surface area contributed by atoms with Crippen molar-refractivity contribution in [3.63, 3.8) is 0 Å². The Morgan fingerprint density at radius 2 is 1.93 bits per heavy atom. The second kappa shape index (κ2) is 12.4. The van der Waals surface area contributed by atoms with Crippen LogP contribution in [0.5, 0.6) is 11.5 Å². The second-order valence-corrected chi connectivity index (χ2v) is 11.8. The lowest BCUT2D eigenvalue weighted by molar-refractivity contribution is 0.190. The number of hydrogen-bond acceptors (Lipinski definition) is 9. The maximum Gasteiger partial charge on any atom is 0.314 e. The lowest BCUT2D eigenvalue weighted by atomic mass is 9.94. The predicted molar refractivity (Wildman–Crippen MR) is 160 cm³/mol. The maximum absolute atomic E-state index is 13.5. The Labute approximate surface area is 248 Å². The van der Waals surface area contributed by atoms with Crippen molar-refractivity contribution in [3.8, 4) is 11.5 Å². The van der Waals surface area contributed by atoms with E-state index in [0.29, 0.717) is 35.5 Å². The van der Waals surface area contributed by atoms with Gasteiger partial charge in [0.2, 0.25) is 0 Å². The number of carbonyl (C=O) groups is 1. The van der Waals surface area contributed by atoms with Crippen LogP contribution in [0.4, 0.5) is 20.1 Å². The van der Waals surface area contributed by atoms with Crippen molar-refractivity contribution >= 4 is 74.0 Å². The second-order valence-electron chi connectivity index (χ2n) is 8.92. The van der Waals surface area contributed by atoms with Crippen LogP contribution >= 0.6 is 46.8 Å². The summed E-state index contributed by atoms with van der Waals surface area (Å²) < 4.78 is 20.8. The molecule has 1 aliphatic heterocycles. The molecule has 206 valence electrons. The zero-order valence-electron chi connectivity index (χ0n) is 21.0. The molecule has 0 atom stereocenters. The van der Waals surface area contributed by atoms with Crippen molar-refractivity contribution in [2.24, 2.45) is 5.73 Å². The predicted octanol–water partition coefficient (Wildman–Crippen LogP) is 7.65. The number of rotatable bonds is 7. The fourth-order valence-electron chi connectivity index (χ4n) is 4.37. The number of piperidine rings is 1. The van der Waals surface area contributed by atoms with Gasteiger partial charge in [-0.2, -0.15) is 0 Å². The summed E-state index contributed by atoms with van der Waals surface area (Å²) in [6.45, 7) is 1.26. The molecule has 0 saturated carbocycles. The van der Waals surface area contributed by atoms with E-state index in [1.54, 1.807) is 52.5 Å². The van der Waals surface area contributed by atoms with E-state index in [4.69, 9.17) is 15.5 Å². The standard InChI is InChI=1S/C27H23FN6O2S3.ClH/c28-17-1-3-18(4-2-17)36-22-13-19(39-23-5-9-30-20-8-12-37-24(20)23)14-31-25(22)33-27-32-21(15-38-27)16-6-10-34(11-7-16)26(29)35;/h1-5,8-9,12-16H,6-7,10-11H2,(H2,29,35)(H,31,32,33);1H. The van der Waals surface area contributed by atoms with Gasteiger partial charge in [-0.3, -0.25) is 4.98 Å². The summed E-state index contributed by atoms with van der Waals surface area (Å²) in [7, 11) is 0. The Kier molecular flexibility index (Phi) is 8.69. The van der Waals surface area contributed by atoms with Gasteiger partial charge in [0.05, 0.1) is 15.9 Å². The van der Waals surface area contributed by atoms with E-state index in [2.05, 4.69) is 15.3 Å². The summed E-state index contributed by atoms with van der Waals surface area (Å²) in [6, 6.07) is 11.4. The van der Waals surface area contributed by atoms with E-state index < -0.39 is 0 Å². The number of thiophene rings is 1. The average Bonchev–Trinajstić information content (AvgIpc) is 3.62. The SMILES string of the molecule is Cl.NC(=O)N1CCC(c2csc(Nc3ncc(Sc4ccnc5ccsc45)cc3Oc3ccc(F)cc3)n2)CC1. The summed E-state index contributed by atoms with van der Waals surface area (Å²) in [5.74, 6) is 1.43. The number of amides is 2. The number of urea groups is 1. The van der Waals surface area contributed by atoms with Gasteiger partial charge in [0.25, 0.3) is 0 Å². The molecule has 2 amide bonds. The first-order valence-electron chi connectivity index (χ1n) is 12.2. The largest absolute Gasteiger partial charge is 0.453 e. The number of thiazole rings is 1. The normalized spacial score (nSPS) is 13.7. The van der Waals surface area contributed by atoms with Crippen molar-refractivity contribution in [2.75, 3.05) is 18.4 Å². The summed E-state index contributed by atoms with van der Waals surface area (Å²) >= 11 is 4.71. The van der Waals surface area contributed by atoms with Gasteiger partial charge in [-0.05, 0) is 54.6 Å². The molecule has 0 unspecified atom stereocenters. The van der Waals surface area contributed by atoms with Gasteiger partial charge in [0, 0.05) is 52.6 Å². The van der Waals surface area contributed by atoms with Crippen LogP contribution in [-0.2, 0) is 0 Å². The van der Waals surface area contributed by atoms with E-state index in [9.17, 15) is 9.18 Å². The van der Waals surface area contributed by atoms with Crippen molar-refractivity contribution in [1.29, 1.82) is 0 Å². The van der Waals surface area contributed by atoms with E-state index in [1.165, 1.54) is 23.5 Å². The van der Waals surface area contributed by atoms with Gasteiger partial charge in [0.1, 0.15) is 11.6 Å². The molecule has 8 nitrogen and oxygen atoms in total. The topological polar surface area (TPSA) is 106 Å². The first-order chi connectivity index (χ1) is 19.0. The van der Waals surface area contributed by atoms with Crippen LogP contribution < -0.4 is 15.8 Å². The molecule has 5 aromatic rings. The zero-order valence-corrected chi connectivity index (χ0v) is 24.2. The molecule has 0 bridgehead atoms. The lowest BCUT2D eigenvalue weighted by Gasteiger charge is -2.29. The van der Waals surface area contributed by atoms with E-state index in [-0.39, 0.29) is 30.2 Å². The number of aromatic nitrogens is 3.